The largest absolute Gasteiger partial charge is 0.504 e. The van der Waals surface area contributed by atoms with Gasteiger partial charge in [0.1, 0.15) is 11.6 Å². The van der Waals surface area contributed by atoms with Crippen LogP contribution in [0.4, 0.5) is 5.69 Å². The Morgan fingerprint density at radius 1 is 1.52 bits per heavy atom. The van der Waals surface area contributed by atoms with Crippen molar-refractivity contribution in [2.24, 2.45) is 5.73 Å². The molecule has 9 heteroatoms. The van der Waals surface area contributed by atoms with Crippen LogP contribution in [0.3, 0.4) is 0 Å². The van der Waals surface area contributed by atoms with Crippen molar-refractivity contribution in [3.8, 4) is 17.6 Å². The van der Waals surface area contributed by atoms with Crippen molar-refractivity contribution in [1.82, 2.24) is 5.32 Å². The fraction of sp³-hybridized carbons (Fsp3) is 0.167. The standard InChI is InChI=1S/C12H12N4O5/c1-2-15-12(19)7(5-13)10(14)6-3-8(16(20)21)11(18)9(17)4-6/h3-4,17-18H,2,14H2,1H3,(H,15,19)/b10-7-. The van der Waals surface area contributed by atoms with Crippen molar-refractivity contribution in [2.45, 2.75) is 6.92 Å². The summed E-state index contributed by atoms with van der Waals surface area (Å²) in [7, 11) is 0. The topological polar surface area (TPSA) is 163 Å². The number of rotatable bonds is 4. The molecule has 1 rings (SSSR count). The first kappa shape index (κ1) is 15.8. The maximum absolute atomic E-state index is 11.6. The molecule has 0 aliphatic heterocycles. The number of carbonyl (C=O) groups excluding carboxylic acids is 1. The highest BCUT2D eigenvalue weighted by Crippen LogP contribution is 2.37. The number of amides is 1. The van der Waals surface area contributed by atoms with Crippen LogP contribution >= 0.6 is 0 Å². The molecule has 110 valence electrons. The Bertz CT molecular complexity index is 675. The average molecular weight is 292 g/mol. The zero-order valence-corrected chi connectivity index (χ0v) is 11.0. The summed E-state index contributed by atoms with van der Waals surface area (Å²) in [6.07, 6.45) is 0. The number of likely N-dealkylation sites (N-methyl/N-ethyl adjacent to an activating group) is 1. The maximum atomic E-state index is 11.6. The van der Waals surface area contributed by atoms with Crippen LogP contribution in [0.25, 0.3) is 5.70 Å². The lowest BCUT2D eigenvalue weighted by Gasteiger charge is -2.08. The summed E-state index contributed by atoms with van der Waals surface area (Å²) < 4.78 is 0. The molecule has 0 fully saturated rings. The third kappa shape index (κ3) is 3.19. The fourth-order valence-electron chi connectivity index (χ4n) is 1.53. The van der Waals surface area contributed by atoms with Gasteiger partial charge in [-0.25, -0.2) is 0 Å². The predicted octanol–water partition coefficient (Wildman–Crippen LogP) is 0.335. The van der Waals surface area contributed by atoms with E-state index in [-0.39, 0.29) is 17.8 Å². The first-order valence-corrected chi connectivity index (χ1v) is 5.72. The molecule has 0 spiro atoms. The molecule has 21 heavy (non-hydrogen) atoms. The number of nitrogens with two attached hydrogens (primary N) is 1. The van der Waals surface area contributed by atoms with E-state index in [2.05, 4.69) is 5.32 Å². The van der Waals surface area contributed by atoms with E-state index in [0.717, 1.165) is 12.1 Å². The molecular formula is C12H12N4O5. The first-order chi connectivity index (χ1) is 9.83. The van der Waals surface area contributed by atoms with Crippen LogP contribution in [-0.4, -0.2) is 27.6 Å². The lowest BCUT2D eigenvalue weighted by Crippen LogP contribution is -2.25. The number of nitriles is 1. The van der Waals surface area contributed by atoms with Gasteiger partial charge in [-0.15, -0.1) is 0 Å². The molecule has 0 saturated carbocycles. The summed E-state index contributed by atoms with van der Waals surface area (Å²) in [5, 5.41) is 40.9. The number of nitrogens with one attached hydrogen (secondary N) is 1. The van der Waals surface area contributed by atoms with Gasteiger partial charge >= 0.3 is 5.69 Å². The number of nitro benzene ring substituents is 1. The number of phenols is 2. The third-order valence-electron chi connectivity index (χ3n) is 2.52. The fourth-order valence-corrected chi connectivity index (χ4v) is 1.53. The molecule has 0 atom stereocenters. The number of aromatic hydroxyl groups is 2. The molecule has 1 aromatic rings. The minimum absolute atomic E-state index is 0.125. The van der Waals surface area contributed by atoms with Crippen LogP contribution in [0.5, 0.6) is 11.5 Å². The number of phenolic OH excluding ortho intramolecular Hbond substituents is 2. The maximum Gasteiger partial charge on any atom is 0.315 e. The number of nitrogens with zero attached hydrogens (tertiary/aromatic N) is 2. The molecule has 9 nitrogen and oxygen atoms in total. The van der Waals surface area contributed by atoms with Gasteiger partial charge in [-0.2, -0.15) is 5.26 Å². The molecule has 0 unspecified atom stereocenters. The highest BCUT2D eigenvalue weighted by atomic mass is 16.6. The smallest absolute Gasteiger partial charge is 0.315 e. The van der Waals surface area contributed by atoms with E-state index >= 15 is 0 Å². The van der Waals surface area contributed by atoms with Crippen LogP contribution in [0.1, 0.15) is 12.5 Å². The molecule has 0 bridgehead atoms. The minimum Gasteiger partial charge on any atom is -0.504 e. The zero-order chi connectivity index (χ0) is 16.2. The molecular weight excluding hydrogens is 280 g/mol. The van der Waals surface area contributed by atoms with E-state index in [9.17, 15) is 25.1 Å². The van der Waals surface area contributed by atoms with E-state index in [1.54, 1.807) is 13.0 Å². The Labute approximate surface area is 119 Å². The summed E-state index contributed by atoms with van der Waals surface area (Å²) in [5.74, 6) is -2.45. The molecule has 5 N–H and O–H groups in total. The molecule has 1 aromatic carbocycles. The third-order valence-corrected chi connectivity index (χ3v) is 2.52. The second kappa shape index (κ2) is 6.25. The van der Waals surface area contributed by atoms with Gasteiger partial charge in [0.15, 0.2) is 5.75 Å². The van der Waals surface area contributed by atoms with Gasteiger partial charge in [-0.3, -0.25) is 14.9 Å². The predicted molar refractivity (Wildman–Crippen MR) is 71.8 cm³/mol. The van der Waals surface area contributed by atoms with Crippen LogP contribution in [0.15, 0.2) is 17.7 Å². The van der Waals surface area contributed by atoms with Crippen LogP contribution in [0.2, 0.25) is 0 Å². The molecule has 0 aromatic heterocycles. The Morgan fingerprint density at radius 3 is 2.62 bits per heavy atom. The Hall–Kier alpha value is -3.28. The number of hydrogen-bond donors (Lipinski definition) is 4. The van der Waals surface area contributed by atoms with Gasteiger partial charge in [-0.05, 0) is 13.0 Å². The van der Waals surface area contributed by atoms with E-state index in [1.807, 2.05) is 0 Å². The molecule has 0 aliphatic rings. The van der Waals surface area contributed by atoms with Gasteiger partial charge in [0.2, 0.25) is 5.75 Å². The van der Waals surface area contributed by atoms with Crippen molar-refractivity contribution < 1.29 is 19.9 Å². The normalized spacial score (nSPS) is 11.2. The monoisotopic (exact) mass is 292 g/mol. The van der Waals surface area contributed by atoms with Crippen LogP contribution in [-0.2, 0) is 4.79 Å². The Morgan fingerprint density at radius 2 is 2.14 bits per heavy atom. The van der Waals surface area contributed by atoms with Crippen LogP contribution < -0.4 is 11.1 Å². The van der Waals surface area contributed by atoms with E-state index in [1.165, 1.54) is 0 Å². The van der Waals surface area contributed by atoms with Crippen molar-refractivity contribution in [3.05, 3.63) is 33.4 Å². The number of carbonyl (C=O) groups is 1. The minimum atomic E-state index is -0.927. The van der Waals surface area contributed by atoms with Crippen molar-refractivity contribution >= 4 is 17.3 Å². The lowest BCUT2D eigenvalue weighted by atomic mass is 10.1. The van der Waals surface area contributed by atoms with Crippen molar-refractivity contribution in [1.29, 1.82) is 5.26 Å². The van der Waals surface area contributed by atoms with Gasteiger partial charge in [0.05, 0.1) is 10.6 Å². The zero-order valence-electron chi connectivity index (χ0n) is 11.0. The van der Waals surface area contributed by atoms with Crippen molar-refractivity contribution in [2.75, 3.05) is 6.54 Å². The lowest BCUT2D eigenvalue weighted by molar-refractivity contribution is -0.386. The number of benzene rings is 1. The molecule has 0 radical (unpaired) electrons. The second-order valence-corrected chi connectivity index (χ2v) is 3.88. The van der Waals surface area contributed by atoms with Gasteiger partial charge in [0, 0.05) is 18.2 Å². The van der Waals surface area contributed by atoms with Gasteiger partial charge < -0.3 is 21.3 Å². The average Bonchev–Trinajstić information content (AvgIpc) is 2.42. The molecule has 0 heterocycles. The van der Waals surface area contributed by atoms with E-state index in [4.69, 9.17) is 11.0 Å². The Balaban J connectivity index is 3.49. The first-order valence-electron chi connectivity index (χ1n) is 5.72. The molecule has 0 aliphatic carbocycles. The highest BCUT2D eigenvalue weighted by molar-refractivity contribution is 6.04. The summed E-state index contributed by atoms with van der Waals surface area (Å²) in [5.41, 5.74) is 3.94. The molecule has 0 saturated heterocycles. The second-order valence-electron chi connectivity index (χ2n) is 3.88. The summed E-state index contributed by atoms with van der Waals surface area (Å²) in [4.78, 5) is 21.5. The SMILES string of the molecule is CCNC(=O)/C(C#N)=C(\N)c1cc(O)c(O)c([N+](=O)[O-])c1. The summed E-state index contributed by atoms with van der Waals surface area (Å²) >= 11 is 0. The number of hydrogen-bond acceptors (Lipinski definition) is 7. The summed E-state index contributed by atoms with van der Waals surface area (Å²) in [6, 6.07) is 3.38. The van der Waals surface area contributed by atoms with Crippen molar-refractivity contribution in [3.63, 3.8) is 0 Å². The van der Waals surface area contributed by atoms with E-state index < -0.39 is 33.6 Å². The quantitative estimate of drug-likeness (QED) is 0.204. The van der Waals surface area contributed by atoms with Gasteiger partial charge in [-0.1, -0.05) is 0 Å². The Kier molecular flexibility index (Phi) is 4.69. The number of nitro groups is 1. The summed E-state index contributed by atoms with van der Waals surface area (Å²) in [6.45, 7) is 1.90. The van der Waals surface area contributed by atoms with Gasteiger partial charge in [0.25, 0.3) is 5.91 Å². The van der Waals surface area contributed by atoms with Crippen LogP contribution in [0, 0.1) is 21.4 Å². The van der Waals surface area contributed by atoms with E-state index in [0.29, 0.717) is 0 Å². The highest BCUT2D eigenvalue weighted by Gasteiger charge is 2.22. The molecule has 1 amide bonds.